The van der Waals surface area contributed by atoms with Crippen LogP contribution in [-0.4, -0.2) is 12.1 Å². The molecule has 2 rings (SSSR count). The van der Waals surface area contributed by atoms with Crippen molar-refractivity contribution in [3.05, 3.63) is 35.9 Å². The number of ether oxygens (including phenoxy) is 1. The highest BCUT2D eigenvalue weighted by atomic mass is 19.4. The molecule has 1 aliphatic rings. The molecule has 0 bridgehead atoms. The number of allylic oxidation sites excluding steroid dienone is 2. The Hall–Kier alpha value is -1.78. The zero-order valence-corrected chi connectivity index (χ0v) is 12.5. The van der Waals surface area contributed by atoms with Gasteiger partial charge < -0.3 is 4.74 Å². The average Bonchev–Trinajstić information content (AvgIpc) is 2.48. The van der Waals surface area contributed by atoms with Gasteiger partial charge in [-0.3, -0.25) is 0 Å². The molecule has 0 saturated heterocycles. The molecule has 0 fully saturated rings. The summed E-state index contributed by atoms with van der Waals surface area (Å²) in [6, 6.07) is 6.20. The molecular weight excluding hydrogens is 293 g/mol. The van der Waals surface area contributed by atoms with E-state index in [1.807, 2.05) is 0 Å². The largest absolute Gasteiger partial charge is 0.491 e. The summed E-state index contributed by atoms with van der Waals surface area (Å²) in [6.07, 6.45) is 2.83. The van der Waals surface area contributed by atoms with Crippen LogP contribution in [0.1, 0.15) is 44.6 Å². The van der Waals surface area contributed by atoms with Crippen molar-refractivity contribution < 1.29 is 22.7 Å². The number of alkyl halides is 3. The summed E-state index contributed by atoms with van der Waals surface area (Å²) in [5, 5.41) is 0. The predicted molar refractivity (Wildman–Crippen MR) is 78.4 cm³/mol. The standard InChI is InChI=1S/C17H19F3O2/c1-2-3-12-4-6-13(7-5-12)14-8-10-15(11-9-14)22-16(21)17(18,19)20/h6,8-12H,2-5,7H2,1H3. The molecule has 1 atom stereocenters. The topological polar surface area (TPSA) is 26.3 Å². The van der Waals surface area contributed by atoms with Gasteiger partial charge in [0.2, 0.25) is 0 Å². The maximum Gasteiger partial charge on any atom is 0.491 e. The van der Waals surface area contributed by atoms with E-state index < -0.39 is 12.1 Å². The first-order valence-corrected chi connectivity index (χ1v) is 7.48. The van der Waals surface area contributed by atoms with E-state index in [1.165, 1.54) is 30.5 Å². The van der Waals surface area contributed by atoms with Gasteiger partial charge in [-0.25, -0.2) is 4.79 Å². The van der Waals surface area contributed by atoms with Crippen molar-refractivity contribution in [1.82, 2.24) is 0 Å². The first-order chi connectivity index (χ1) is 10.4. The Balaban J connectivity index is 1.99. The van der Waals surface area contributed by atoms with Crippen molar-refractivity contribution in [2.75, 3.05) is 0 Å². The lowest BCUT2D eigenvalue weighted by Gasteiger charge is -2.21. The highest BCUT2D eigenvalue weighted by Gasteiger charge is 2.41. The van der Waals surface area contributed by atoms with Crippen molar-refractivity contribution in [2.45, 2.75) is 45.2 Å². The fourth-order valence-electron chi connectivity index (χ4n) is 2.72. The summed E-state index contributed by atoms with van der Waals surface area (Å²) < 4.78 is 40.6. The van der Waals surface area contributed by atoms with Gasteiger partial charge >= 0.3 is 12.1 Å². The summed E-state index contributed by atoms with van der Waals surface area (Å²) >= 11 is 0. The van der Waals surface area contributed by atoms with Gasteiger partial charge in [0.15, 0.2) is 0 Å². The molecule has 1 unspecified atom stereocenters. The monoisotopic (exact) mass is 312 g/mol. The summed E-state index contributed by atoms with van der Waals surface area (Å²) in [4.78, 5) is 10.8. The van der Waals surface area contributed by atoms with Crippen LogP contribution in [0.25, 0.3) is 5.57 Å². The predicted octanol–water partition coefficient (Wildman–Crippen LogP) is 5.14. The number of esters is 1. The van der Waals surface area contributed by atoms with Crippen LogP contribution in [0.4, 0.5) is 13.2 Å². The Bertz CT molecular complexity index is 544. The first kappa shape index (κ1) is 16.6. The Morgan fingerprint density at radius 3 is 2.45 bits per heavy atom. The number of carbonyl (C=O) groups is 1. The van der Waals surface area contributed by atoms with E-state index in [1.54, 1.807) is 12.1 Å². The molecule has 5 heteroatoms. The van der Waals surface area contributed by atoms with Crippen LogP contribution in [0.5, 0.6) is 5.75 Å². The van der Waals surface area contributed by atoms with E-state index in [-0.39, 0.29) is 5.75 Å². The molecule has 0 aliphatic heterocycles. The minimum absolute atomic E-state index is 0.0913. The van der Waals surface area contributed by atoms with E-state index in [9.17, 15) is 18.0 Å². The third kappa shape index (κ3) is 4.36. The van der Waals surface area contributed by atoms with Crippen LogP contribution in [0.15, 0.2) is 30.3 Å². The van der Waals surface area contributed by atoms with Crippen molar-refractivity contribution in [2.24, 2.45) is 5.92 Å². The summed E-state index contributed by atoms with van der Waals surface area (Å²) in [5.41, 5.74) is 2.18. The molecule has 0 N–H and O–H groups in total. The average molecular weight is 312 g/mol. The fourth-order valence-corrected chi connectivity index (χ4v) is 2.72. The lowest BCUT2D eigenvalue weighted by atomic mass is 9.84. The number of hydrogen-bond acceptors (Lipinski definition) is 2. The second kappa shape index (κ2) is 6.99. The van der Waals surface area contributed by atoms with Crippen molar-refractivity contribution in [3.8, 4) is 5.75 Å². The van der Waals surface area contributed by atoms with E-state index in [0.717, 1.165) is 30.7 Å². The number of halogens is 3. The molecule has 1 aliphatic carbocycles. The van der Waals surface area contributed by atoms with Gasteiger partial charge in [0.1, 0.15) is 5.75 Å². The highest BCUT2D eigenvalue weighted by molar-refractivity contribution is 5.78. The molecule has 2 nitrogen and oxygen atoms in total. The Morgan fingerprint density at radius 1 is 1.27 bits per heavy atom. The SMILES string of the molecule is CCCC1CC=C(c2ccc(OC(=O)C(F)(F)F)cc2)CC1. The Morgan fingerprint density at radius 2 is 1.95 bits per heavy atom. The van der Waals surface area contributed by atoms with Gasteiger partial charge in [-0.05, 0) is 48.4 Å². The number of benzene rings is 1. The van der Waals surface area contributed by atoms with Crippen LogP contribution < -0.4 is 4.74 Å². The molecular formula is C17H19F3O2. The molecule has 22 heavy (non-hydrogen) atoms. The molecule has 0 saturated carbocycles. The van der Waals surface area contributed by atoms with Crippen molar-refractivity contribution in [1.29, 1.82) is 0 Å². The summed E-state index contributed by atoms with van der Waals surface area (Å²) in [6.45, 7) is 2.18. The zero-order chi connectivity index (χ0) is 16.2. The fraction of sp³-hybridized carbons (Fsp3) is 0.471. The van der Waals surface area contributed by atoms with Crippen LogP contribution >= 0.6 is 0 Å². The normalized spacial score (nSPS) is 18.7. The lowest BCUT2D eigenvalue weighted by molar-refractivity contribution is -0.189. The third-order valence-electron chi connectivity index (χ3n) is 3.88. The first-order valence-electron chi connectivity index (χ1n) is 7.48. The molecule has 0 amide bonds. The second-order valence-corrected chi connectivity index (χ2v) is 5.57. The van der Waals surface area contributed by atoms with Gasteiger partial charge in [0.25, 0.3) is 0 Å². The molecule has 0 spiro atoms. The minimum Gasteiger partial charge on any atom is -0.420 e. The zero-order valence-electron chi connectivity index (χ0n) is 12.5. The Labute approximate surface area is 128 Å². The summed E-state index contributed by atoms with van der Waals surface area (Å²) in [7, 11) is 0. The number of rotatable bonds is 4. The van der Waals surface area contributed by atoms with Crippen LogP contribution in [0, 0.1) is 5.92 Å². The highest BCUT2D eigenvalue weighted by Crippen LogP contribution is 2.33. The molecule has 0 aromatic heterocycles. The molecule has 0 heterocycles. The second-order valence-electron chi connectivity index (χ2n) is 5.57. The maximum absolute atomic E-state index is 12.1. The quantitative estimate of drug-likeness (QED) is 0.568. The van der Waals surface area contributed by atoms with Crippen LogP contribution in [-0.2, 0) is 4.79 Å². The van der Waals surface area contributed by atoms with E-state index in [2.05, 4.69) is 17.7 Å². The van der Waals surface area contributed by atoms with Gasteiger partial charge in [-0.2, -0.15) is 13.2 Å². The summed E-state index contributed by atoms with van der Waals surface area (Å²) in [5.74, 6) is -1.55. The maximum atomic E-state index is 12.1. The van der Waals surface area contributed by atoms with Gasteiger partial charge in [-0.15, -0.1) is 0 Å². The van der Waals surface area contributed by atoms with Crippen molar-refractivity contribution in [3.63, 3.8) is 0 Å². The van der Waals surface area contributed by atoms with E-state index >= 15 is 0 Å². The van der Waals surface area contributed by atoms with Gasteiger partial charge in [0.05, 0.1) is 0 Å². The van der Waals surface area contributed by atoms with E-state index in [4.69, 9.17) is 0 Å². The number of hydrogen-bond donors (Lipinski definition) is 0. The van der Waals surface area contributed by atoms with Crippen molar-refractivity contribution >= 4 is 11.5 Å². The Kier molecular flexibility index (Phi) is 5.27. The molecule has 0 radical (unpaired) electrons. The van der Waals surface area contributed by atoms with Crippen LogP contribution in [0.3, 0.4) is 0 Å². The van der Waals surface area contributed by atoms with Gasteiger partial charge in [0, 0.05) is 0 Å². The smallest absolute Gasteiger partial charge is 0.420 e. The minimum atomic E-state index is -4.97. The molecule has 1 aromatic carbocycles. The molecule has 1 aromatic rings. The third-order valence-corrected chi connectivity index (χ3v) is 3.88. The lowest BCUT2D eigenvalue weighted by Crippen LogP contribution is -2.27. The number of carbonyl (C=O) groups excluding carboxylic acids is 1. The van der Waals surface area contributed by atoms with Crippen LogP contribution in [0.2, 0.25) is 0 Å². The van der Waals surface area contributed by atoms with Gasteiger partial charge in [-0.1, -0.05) is 38.0 Å². The van der Waals surface area contributed by atoms with E-state index in [0.29, 0.717) is 0 Å². The molecule has 120 valence electrons.